The van der Waals surface area contributed by atoms with Crippen molar-refractivity contribution in [2.45, 2.75) is 58.2 Å². The number of nitrogens with one attached hydrogen (secondary N) is 3. The van der Waals surface area contributed by atoms with Gasteiger partial charge in [0.25, 0.3) is 5.91 Å². The van der Waals surface area contributed by atoms with Gasteiger partial charge in [0, 0.05) is 17.8 Å². The van der Waals surface area contributed by atoms with Crippen LogP contribution in [0.1, 0.15) is 62.5 Å². The lowest BCUT2D eigenvalue weighted by Crippen LogP contribution is -2.52. The van der Waals surface area contributed by atoms with Gasteiger partial charge in [-0.3, -0.25) is 19.3 Å². The zero-order valence-corrected chi connectivity index (χ0v) is 20.4. The third-order valence-electron chi connectivity index (χ3n) is 6.44. The molecule has 1 aromatic carbocycles. The Morgan fingerprint density at radius 3 is 2.77 bits per heavy atom. The first-order valence-corrected chi connectivity index (χ1v) is 12.2. The van der Waals surface area contributed by atoms with Crippen LogP contribution in [0.4, 0.5) is 0 Å². The van der Waals surface area contributed by atoms with Gasteiger partial charge in [-0.2, -0.15) is 0 Å². The molecule has 1 aliphatic heterocycles. The number of ketones is 1. The van der Waals surface area contributed by atoms with Crippen molar-refractivity contribution in [1.29, 1.82) is 0 Å². The Bertz CT molecular complexity index is 1140. The lowest BCUT2D eigenvalue weighted by atomic mass is 10.0. The molecular formula is C26H33N5O4. The van der Waals surface area contributed by atoms with Crippen LogP contribution in [0.3, 0.4) is 0 Å². The number of H-pyrrole nitrogens is 1. The second-order valence-electron chi connectivity index (χ2n) is 9.59. The minimum atomic E-state index is -0.773. The van der Waals surface area contributed by atoms with Gasteiger partial charge in [0.1, 0.15) is 17.4 Å². The first-order valence-electron chi connectivity index (χ1n) is 12.2. The van der Waals surface area contributed by atoms with Gasteiger partial charge in [-0.1, -0.05) is 32.0 Å². The summed E-state index contributed by atoms with van der Waals surface area (Å²) in [6.07, 6.45) is 5.23. The highest BCUT2D eigenvalue weighted by molar-refractivity contribution is 5.99. The number of carbonyl (C=O) groups is 3. The summed E-state index contributed by atoms with van der Waals surface area (Å²) in [5.41, 5.74) is 0.611. The van der Waals surface area contributed by atoms with E-state index in [4.69, 9.17) is 4.42 Å². The van der Waals surface area contributed by atoms with Crippen molar-refractivity contribution in [3.63, 3.8) is 0 Å². The second-order valence-corrected chi connectivity index (χ2v) is 9.59. The van der Waals surface area contributed by atoms with E-state index in [1.807, 2.05) is 39.0 Å². The number of Topliss-reactive ketones (excluding diaryl/α,β-unsaturated/α-hetero) is 1. The molecule has 1 saturated heterocycles. The van der Waals surface area contributed by atoms with Crippen molar-refractivity contribution < 1.29 is 18.8 Å². The number of benzene rings is 1. The van der Waals surface area contributed by atoms with Crippen LogP contribution >= 0.6 is 0 Å². The smallest absolute Gasteiger partial charge is 0.287 e. The number of aromatic nitrogens is 2. The molecule has 35 heavy (non-hydrogen) atoms. The number of amides is 2. The van der Waals surface area contributed by atoms with Gasteiger partial charge in [-0.25, -0.2) is 4.98 Å². The van der Waals surface area contributed by atoms with Crippen molar-refractivity contribution in [2.75, 3.05) is 13.1 Å². The molecule has 2 unspecified atom stereocenters. The van der Waals surface area contributed by atoms with E-state index in [9.17, 15) is 14.4 Å². The Labute approximate surface area is 204 Å². The quantitative estimate of drug-likeness (QED) is 0.456. The number of aromatic amines is 1. The van der Waals surface area contributed by atoms with Gasteiger partial charge in [0.15, 0.2) is 11.5 Å². The van der Waals surface area contributed by atoms with Gasteiger partial charge in [-0.15, -0.1) is 0 Å². The summed E-state index contributed by atoms with van der Waals surface area (Å²) in [7, 11) is 0. The molecule has 3 aromatic rings. The Balaban J connectivity index is 1.41. The Hall–Kier alpha value is -3.46. The maximum atomic E-state index is 13.2. The number of hydrogen-bond acceptors (Lipinski definition) is 6. The molecule has 2 aromatic heterocycles. The molecule has 0 spiro atoms. The summed E-state index contributed by atoms with van der Waals surface area (Å²) >= 11 is 0. The van der Waals surface area contributed by atoms with Crippen LogP contribution in [0.25, 0.3) is 11.0 Å². The zero-order valence-electron chi connectivity index (χ0n) is 20.4. The molecule has 3 atom stereocenters. The average molecular weight is 480 g/mol. The number of furan rings is 1. The predicted molar refractivity (Wildman–Crippen MR) is 132 cm³/mol. The maximum absolute atomic E-state index is 13.2. The third kappa shape index (κ3) is 5.97. The summed E-state index contributed by atoms with van der Waals surface area (Å²) in [6, 6.07) is 7.63. The minimum Gasteiger partial charge on any atom is -0.451 e. The highest BCUT2D eigenvalue weighted by Gasteiger charge is 2.32. The number of carbonyl (C=O) groups excluding carboxylic acids is 3. The monoisotopic (exact) mass is 479 g/mol. The standard InChI is InChI=1S/C26H33N5O4/c1-16(2)13-20(30-26(34)23-14-18-7-4-5-9-22(18)35-23)25(33)29-19-8-6-12-31(15-21(19)32)17(3)24-27-10-11-28-24/h4-5,7,9-11,14,16-17,19-20H,6,8,12-13,15H2,1-3H3,(H,27,28)(H,29,33)(H,30,34)/t17-,19?,20?/m0/s1. The molecule has 1 aliphatic rings. The highest BCUT2D eigenvalue weighted by Crippen LogP contribution is 2.21. The average Bonchev–Trinajstić information content (AvgIpc) is 3.48. The van der Waals surface area contributed by atoms with E-state index in [1.165, 1.54) is 0 Å². The number of likely N-dealkylation sites (tertiary alicyclic amines) is 1. The molecule has 3 N–H and O–H groups in total. The maximum Gasteiger partial charge on any atom is 0.287 e. The molecule has 1 fully saturated rings. The van der Waals surface area contributed by atoms with Crippen LogP contribution < -0.4 is 10.6 Å². The van der Waals surface area contributed by atoms with Gasteiger partial charge in [-0.05, 0) is 50.8 Å². The van der Waals surface area contributed by atoms with Crippen molar-refractivity contribution in [3.05, 3.63) is 54.3 Å². The summed E-state index contributed by atoms with van der Waals surface area (Å²) in [5.74, 6) is 0.283. The molecule has 4 rings (SSSR count). The van der Waals surface area contributed by atoms with Crippen LogP contribution in [-0.4, -0.2) is 57.6 Å². The van der Waals surface area contributed by atoms with Gasteiger partial charge >= 0.3 is 0 Å². The van der Waals surface area contributed by atoms with E-state index >= 15 is 0 Å². The molecule has 0 aliphatic carbocycles. The minimum absolute atomic E-state index is 0.0276. The van der Waals surface area contributed by atoms with E-state index in [-0.39, 0.29) is 36.0 Å². The molecule has 0 radical (unpaired) electrons. The molecular weight excluding hydrogens is 446 g/mol. The fraction of sp³-hybridized carbons (Fsp3) is 0.462. The molecule has 9 heteroatoms. The summed E-state index contributed by atoms with van der Waals surface area (Å²) in [5, 5.41) is 6.54. The molecule has 2 amide bonds. The first-order chi connectivity index (χ1) is 16.8. The lowest BCUT2D eigenvalue weighted by Gasteiger charge is -2.26. The number of para-hydroxylation sites is 1. The zero-order chi connectivity index (χ0) is 24.9. The first kappa shape index (κ1) is 24.7. The number of hydrogen-bond donors (Lipinski definition) is 3. The topological polar surface area (TPSA) is 120 Å². The van der Waals surface area contributed by atoms with Crippen molar-refractivity contribution >= 4 is 28.6 Å². The summed E-state index contributed by atoms with van der Waals surface area (Å²) in [6.45, 7) is 6.94. The van der Waals surface area contributed by atoms with Crippen molar-refractivity contribution in [2.24, 2.45) is 5.92 Å². The number of fused-ring (bicyclic) bond motifs is 1. The third-order valence-corrected chi connectivity index (χ3v) is 6.44. The van der Waals surface area contributed by atoms with Crippen LogP contribution in [-0.2, 0) is 9.59 Å². The Kier molecular flexibility index (Phi) is 7.65. The van der Waals surface area contributed by atoms with Crippen LogP contribution in [0.2, 0.25) is 0 Å². The number of imidazole rings is 1. The second kappa shape index (κ2) is 10.9. The number of rotatable bonds is 8. The van der Waals surface area contributed by atoms with Crippen molar-refractivity contribution in [3.8, 4) is 0 Å². The van der Waals surface area contributed by atoms with Crippen LogP contribution in [0.15, 0.2) is 47.1 Å². The normalized spacial score (nSPS) is 18.9. The van der Waals surface area contributed by atoms with E-state index in [1.54, 1.807) is 24.5 Å². The van der Waals surface area contributed by atoms with Gasteiger partial charge < -0.3 is 20.0 Å². The molecule has 0 bridgehead atoms. The molecule has 9 nitrogen and oxygen atoms in total. The summed E-state index contributed by atoms with van der Waals surface area (Å²) in [4.78, 5) is 48.6. The predicted octanol–water partition coefficient (Wildman–Crippen LogP) is 3.21. The fourth-order valence-corrected chi connectivity index (χ4v) is 4.51. The van der Waals surface area contributed by atoms with Crippen LogP contribution in [0, 0.1) is 5.92 Å². The van der Waals surface area contributed by atoms with E-state index in [0.717, 1.165) is 24.2 Å². The number of nitrogens with zero attached hydrogens (tertiary/aromatic N) is 2. The van der Waals surface area contributed by atoms with E-state index < -0.39 is 18.0 Å². The van der Waals surface area contributed by atoms with Crippen molar-refractivity contribution in [1.82, 2.24) is 25.5 Å². The lowest BCUT2D eigenvalue weighted by molar-refractivity contribution is -0.129. The Morgan fingerprint density at radius 2 is 2.06 bits per heavy atom. The summed E-state index contributed by atoms with van der Waals surface area (Å²) < 4.78 is 5.65. The van der Waals surface area contributed by atoms with Gasteiger partial charge in [0.2, 0.25) is 5.91 Å². The van der Waals surface area contributed by atoms with Crippen LogP contribution in [0.5, 0.6) is 0 Å². The fourth-order valence-electron chi connectivity index (χ4n) is 4.51. The van der Waals surface area contributed by atoms with E-state index in [0.29, 0.717) is 18.4 Å². The van der Waals surface area contributed by atoms with E-state index in [2.05, 4.69) is 25.5 Å². The molecule has 186 valence electrons. The molecule has 0 saturated carbocycles. The Morgan fingerprint density at radius 1 is 1.26 bits per heavy atom. The van der Waals surface area contributed by atoms with Gasteiger partial charge in [0.05, 0.1) is 18.6 Å². The SMILES string of the molecule is CC(C)CC(NC(=O)c1cc2ccccc2o1)C(=O)NC1CCCN([C@@H](C)c2ncc[nH]2)CC1=O. The molecule has 3 heterocycles. The largest absolute Gasteiger partial charge is 0.451 e. The highest BCUT2D eigenvalue weighted by atomic mass is 16.3.